The summed E-state index contributed by atoms with van der Waals surface area (Å²) in [5.41, 5.74) is 1.00. The lowest BCUT2D eigenvalue weighted by Gasteiger charge is -2.06. The van der Waals surface area contributed by atoms with Crippen LogP contribution in [0.25, 0.3) is 11.3 Å². The third-order valence-electron chi connectivity index (χ3n) is 3.08. The molecule has 1 amide bonds. The molecule has 5 nitrogen and oxygen atoms in total. The first kappa shape index (κ1) is 16.1. The van der Waals surface area contributed by atoms with E-state index >= 15 is 0 Å². The minimum absolute atomic E-state index is 0.0969. The Labute approximate surface area is 140 Å². The highest BCUT2D eigenvalue weighted by atomic mass is 32.1. The second-order valence-corrected chi connectivity index (χ2v) is 6.14. The molecule has 3 rings (SSSR count). The van der Waals surface area contributed by atoms with Crippen molar-refractivity contribution in [1.82, 2.24) is 15.0 Å². The van der Waals surface area contributed by atoms with Crippen molar-refractivity contribution >= 4 is 23.1 Å². The number of hydrogen-bond acceptors (Lipinski definition) is 5. The number of hydrogen-bond donors (Lipinski definition) is 1. The summed E-state index contributed by atoms with van der Waals surface area (Å²) < 4.78 is 26.8. The van der Waals surface area contributed by atoms with Crippen LogP contribution in [0.4, 0.5) is 14.6 Å². The molecule has 1 N–H and O–H groups in total. The van der Waals surface area contributed by atoms with Gasteiger partial charge >= 0.3 is 0 Å². The quantitative estimate of drug-likeness (QED) is 0.784. The van der Waals surface area contributed by atoms with Crippen molar-refractivity contribution in [2.45, 2.75) is 13.8 Å². The van der Waals surface area contributed by atoms with Gasteiger partial charge in [-0.3, -0.25) is 4.79 Å². The van der Waals surface area contributed by atoms with Crippen molar-refractivity contribution in [1.29, 1.82) is 0 Å². The second-order valence-electron chi connectivity index (χ2n) is 5.08. The van der Waals surface area contributed by atoms with Gasteiger partial charge in [0.25, 0.3) is 5.91 Å². The molecule has 0 spiro atoms. The average Bonchev–Trinajstić information content (AvgIpc) is 2.90. The minimum atomic E-state index is -0.717. The Morgan fingerprint density at radius 1 is 1.04 bits per heavy atom. The Morgan fingerprint density at radius 2 is 1.75 bits per heavy atom. The molecule has 122 valence electrons. The Kier molecular flexibility index (Phi) is 4.30. The SMILES string of the molecule is Cc1cc(-c2cc(F)cc(F)c2)nc(C(=O)Nc2csc(C)n2)n1. The molecule has 0 saturated heterocycles. The van der Waals surface area contributed by atoms with E-state index in [1.807, 2.05) is 6.92 Å². The van der Waals surface area contributed by atoms with E-state index in [1.165, 1.54) is 11.3 Å². The van der Waals surface area contributed by atoms with Crippen LogP contribution >= 0.6 is 11.3 Å². The van der Waals surface area contributed by atoms with Crippen LogP contribution in [0.3, 0.4) is 0 Å². The van der Waals surface area contributed by atoms with Crippen LogP contribution in [0, 0.1) is 25.5 Å². The Balaban J connectivity index is 1.95. The van der Waals surface area contributed by atoms with Gasteiger partial charge in [-0.05, 0) is 32.0 Å². The number of carbonyl (C=O) groups is 1. The van der Waals surface area contributed by atoms with Crippen LogP contribution in [0.2, 0.25) is 0 Å². The number of anilines is 1. The number of carbonyl (C=O) groups excluding carboxylic acids is 1. The summed E-state index contributed by atoms with van der Waals surface area (Å²) >= 11 is 1.40. The molecule has 3 aromatic rings. The normalized spacial score (nSPS) is 10.7. The molecule has 0 fully saturated rings. The van der Waals surface area contributed by atoms with Gasteiger partial charge < -0.3 is 5.32 Å². The monoisotopic (exact) mass is 346 g/mol. The number of amides is 1. The fraction of sp³-hybridized carbons (Fsp3) is 0.125. The van der Waals surface area contributed by atoms with Crippen molar-refractivity contribution in [3.8, 4) is 11.3 Å². The first-order chi connectivity index (χ1) is 11.4. The van der Waals surface area contributed by atoms with E-state index in [0.717, 1.165) is 23.2 Å². The van der Waals surface area contributed by atoms with Crippen LogP contribution in [-0.4, -0.2) is 20.9 Å². The van der Waals surface area contributed by atoms with E-state index < -0.39 is 17.5 Å². The number of halogens is 2. The van der Waals surface area contributed by atoms with Crippen LogP contribution in [-0.2, 0) is 0 Å². The smallest absolute Gasteiger partial charge is 0.294 e. The van der Waals surface area contributed by atoms with Gasteiger partial charge in [0.05, 0.1) is 10.7 Å². The molecule has 0 saturated carbocycles. The van der Waals surface area contributed by atoms with Crippen molar-refractivity contribution in [3.05, 3.63) is 57.8 Å². The molecule has 0 atom stereocenters. The van der Waals surface area contributed by atoms with E-state index in [2.05, 4.69) is 20.3 Å². The summed E-state index contributed by atoms with van der Waals surface area (Å²) in [6.07, 6.45) is 0. The van der Waals surface area contributed by atoms with Crippen LogP contribution < -0.4 is 5.32 Å². The molecule has 2 heterocycles. The summed E-state index contributed by atoms with van der Waals surface area (Å²) in [5.74, 6) is -1.66. The lowest BCUT2D eigenvalue weighted by atomic mass is 10.1. The van der Waals surface area contributed by atoms with Crippen molar-refractivity contribution in [3.63, 3.8) is 0 Å². The molecule has 0 radical (unpaired) electrons. The zero-order valence-corrected chi connectivity index (χ0v) is 13.6. The molecule has 0 bridgehead atoms. The summed E-state index contributed by atoms with van der Waals surface area (Å²) in [6.45, 7) is 3.49. The molecule has 24 heavy (non-hydrogen) atoms. The van der Waals surface area contributed by atoms with Crippen molar-refractivity contribution in [2.24, 2.45) is 0 Å². The summed E-state index contributed by atoms with van der Waals surface area (Å²) in [6, 6.07) is 4.63. The molecule has 8 heteroatoms. The van der Waals surface area contributed by atoms with Gasteiger partial charge in [0.15, 0.2) is 0 Å². The molecule has 2 aromatic heterocycles. The Bertz CT molecular complexity index is 906. The minimum Gasteiger partial charge on any atom is -0.303 e. The van der Waals surface area contributed by atoms with Gasteiger partial charge in [0, 0.05) is 22.7 Å². The zero-order chi connectivity index (χ0) is 17.3. The molecule has 0 aliphatic rings. The summed E-state index contributed by atoms with van der Waals surface area (Å²) in [5, 5.41) is 5.11. The van der Waals surface area contributed by atoms with Gasteiger partial charge in [0.2, 0.25) is 5.82 Å². The average molecular weight is 346 g/mol. The highest BCUT2D eigenvalue weighted by Crippen LogP contribution is 2.21. The van der Waals surface area contributed by atoms with E-state index in [4.69, 9.17) is 0 Å². The number of aryl methyl sites for hydroxylation is 2. The Morgan fingerprint density at radius 3 is 2.38 bits per heavy atom. The maximum Gasteiger partial charge on any atom is 0.294 e. The highest BCUT2D eigenvalue weighted by Gasteiger charge is 2.14. The highest BCUT2D eigenvalue weighted by molar-refractivity contribution is 7.09. The Hall–Kier alpha value is -2.74. The van der Waals surface area contributed by atoms with E-state index in [0.29, 0.717) is 11.5 Å². The third-order valence-corrected chi connectivity index (χ3v) is 3.85. The number of benzene rings is 1. The van der Waals surface area contributed by atoms with Crippen molar-refractivity contribution in [2.75, 3.05) is 5.32 Å². The molecule has 0 unspecified atom stereocenters. The third kappa shape index (κ3) is 3.60. The van der Waals surface area contributed by atoms with E-state index in [-0.39, 0.29) is 17.1 Å². The van der Waals surface area contributed by atoms with Crippen LogP contribution in [0.15, 0.2) is 29.6 Å². The molecular weight excluding hydrogens is 334 g/mol. The summed E-state index contributed by atoms with van der Waals surface area (Å²) in [4.78, 5) is 24.6. The molecule has 0 aliphatic heterocycles. The number of nitrogens with one attached hydrogen (secondary N) is 1. The molecule has 1 aromatic carbocycles. The van der Waals surface area contributed by atoms with Gasteiger partial charge in [-0.15, -0.1) is 11.3 Å². The largest absolute Gasteiger partial charge is 0.303 e. The van der Waals surface area contributed by atoms with Gasteiger partial charge in [0.1, 0.15) is 17.5 Å². The van der Waals surface area contributed by atoms with E-state index in [1.54, 1.807) is 18.4 Å². The first-order valence-electron chi connectivity index (χ1n) is 6.96. The topological polar surface area (TPSA) is 67.8 Å². The van der Waals surface area contributed by atoms with Crippen LogP contribution in [0.5, 0.6) is 0 Å². The maximum atomic E-state index is 13.4. The standard InChI is InChI=1S/C16H12F2N4OS/c1-8-3-13(10-4-11(17)6-12(18)5-10)21-15(19-8)16(23)22-14-7-24-9(2)20-14/h3-7H,1-2H3,(H,22,23). The zero-order valence-electron chi connectivity index (χ0n) is 12.8. The van der Waals surface area contributed by atoms with Crippen LogP contribution in [0.1, 0.15) is 21.3 Å². The maximum absolute atomic E-state index is 13.4. The predicted molar refractivity (Wildman–Crippen MR) is 86.9 cm³/mol. The molecular formula is C16H12F2N4OS. The summed E-state index contributed by atoms with van der Waals surface area (Å²) in [7, 11) is 0. The fourth-order valence-corrected chi connectivity index (χ4v) is 2.66. The lowest BCUT2D eigenvalue weighted by Crippen LogP contribution is -2.16. The predicted octanol–water partition coefficient (Wildman–Crippen LogP) is 3.75. The second kappa shape index (κ2) is 6.40. The van der Waals surface area contributed by atoms with Crippen molar-refractivity contribution < 1.29 is 13.6 Å². The number of nitrogens with zero attached hydrogens (tertiary/aromatic N) is 3. The van der Waals surface area contributed by atoms with Gasteiger partial charge in [-0.2, -0.15) is 0 Å². The number of rotatable bonds is 3. The first-order valence-corrected chi connectivity index (χ1v) is 7.84. The van der Waals surface area contributed by atoms with Gasteiger partial charge in [-0.25, -0.2) is 23.7 Å². The van der Waals surface area contributed by atoms with Gasteiger partial charge in [-0.1, -0.05) is 0 Å². The lowest BCUT2D eigenvalue weighted by molar-refractivity contribution is 0.101. The molecule has 0 aliphatic carbocycles. The fourth-order valence-electron chi connectivity index (χ4n) is 2.11. The number of aromatic nitrogens is 3. The van der Waals surface area contributed by atoms with E-state index in [9.17, 15) is 13.6 Å². The number of thiazole rings is 1.